The van der Waals surface area contributed by atoms with Crippen molar-refractivity contribution < 1.29 is 14.3 Å². The largest absolute Gasteiger partial charge is 0.497 e. The lowest BCUT2D eigenvalue weighted by Gasteiger charge is -2.06. The average molecular weight is 305 g/mol. The van der Waals surface area contributed by atoms with E-state index in [0.717, 1.165) is 31.4 Å². The van der Waals surface area contributed by atoms with Crippen LogP contribution in [-0.4, -0.2) is 24.6 Å². The van der Waals surface area contributed by atoms with Crippen LogP contribution in [0, 0.1) is 0 Å². The highest BCUT2D eigenvalue weighted by Gasteiger charge is 2.13. The summed E-state index contributed by atoms with van der Waals surface area (Å²) in [5.41, 5.74) is 3.73. The molecule has 0 aliphatic rings. The number of anilines is 1. The first kappa shape index (κ1) is 17.7. The molecule has 0 spiro atoms. The molecule has 2 amide bonds. The predicted octanol–water partition coefficient (Wildman–Crippen LogP) is 2.71. The predicted molar refractivity (Wildman–Crippen MR) is 87.0 cm³/mol. The number of hydrazone groups is 1. The standard InChI is InChI=1S/C16H23N3O3/c1-4-6-13(7-5-2)18-19-16(21)15(20)17-12-8-10-14(22-3)11-9-12/h8-11H,4-7H2,1-3H3,(H,17,20)(H,19,21). The summed E-state index contributed by atoms with van der Waals surface area (Å²) in [7, 11) is 1.56. The Morgan fingerprint density at radius 3 is 2.14 bits per heavy atom. The van der Waals surface area contributed by atoms with Crippen LogP contribution in [0.15, 0.2) is 29.4 Å². The molecule has 6 nitrogen and oxygen atoms in total. The van der Waals surface area contributed by atoms with E-state index in [-0.39, 0.29) is 0 Å². The van der Waals surface area contributed by atoms with Crippen molar-refractivity contribution in [3.05, 3.63) is 24.3 Å². The number of nitrogens with zero attached hydrogens (tertiary/aromatic N) is 1. The van der Waals surface area contributed by atoms with Crippen molar-refractivity contribution in [3.63, 3.8) is 0 Å². The zero-order chi connectivity index (χ0) is 16.4. The number of ether oxygens (including phenoxy) is 1. The molecule has 0 fully saturated rings. The molecular weight excluding hydrogens is 282 g/mol. The minimum Gasteiger partial charge on any atom is -0.497 e. The summed E-state index contributed by atoms with van der Waals surface area (Å²) in [4.78, 5) is 23.5. The third-order valence-electron chi connectivity index (χ3n) is 2.95. The number of methoxy groups -OCH3 is 1. The van der Waals surface area contributed by atoms with E-state index in [0.29, 0.717) is 11.4 Å². The molecule has 0 aromatic heterocycles. The second-order valence-corrected chi connectivity index (χ2v) is 4.80. The van der Waals surface area contributed by atoms with E-state index in [1.54, 1.807) is 31.4 Å². The van der Waals surface area contributed by atoms with E-state index in [1.807, 2.05) is 13.8 Å². The van der Waals surface area contributed by atoms with Gasteiger partial charge in [0, 0.05) is 11.4 Å². The van der Waals surface area contributed by atoms with Gasteiger partial charge in [0.2, 0.25) is 0 Å². The van der Waals surface area contributed by atoms with Gasteiger partial charge in [0.1, 0.15) is 5.75 Å². The van der Waals surface area contributed by atoms with Gasteiger partial charge in [-0.05, 0) is 37.1 Å². The van der Waals surface area contributed by atoms with Crippen molar-refractivity contribution in [3.8, 4) is 5.75 Å². The second kappa shape index (κ2) is 9.55. The lowest BCUT2D eigenvalue weighted by molar-refractivity contribution is -0.136. The van der Waals surface area contributed by atoms with Crippen molar-refractivity contribution in [1.29, 1.82) is 0 Å². The molecule has 1 aromatic rings. The number of hydrogen-bond donors (Lipinski definition) is 2. The highest BCUT2D eigenvalue weighted by molar-refractivity contribution is 6.39. The molecule has 120 valence electrons. The van der Waals surface area contributed by atoms with Crippen LogP contribution in [0.5, 0.6) is 5.75 Å². The van der Waals surface area contributed by atoms with E-state index in [9.17, 15) is 9.59 Å². The summed E-state index contributed by atoms with van der Waals surface area (Å²) < 4.78 is 5.02. The number of nitrogens with one attached hydrogen (secondary N) is 2. The molecule has 6 heteroatoms. The lowest BCUT2D eigenvalue weighted by atomic mass is 10.1. The number of rotatable bonds is 7. The molecule has 0 atom stereocenters. The summed E-state index contributed by atoms with van der Waals surface area (Å²) in [5.74, 6) is -0.849. The van der Waals surface area contributed by atoms with E-state index in [4.69, 9.17) is 4.74 Å². The second-order valence-electron chi connectivity index (χ2n) is 4.80. The molecule has 22 heavy (non-hydrogen) atoms. The first-order chi connectivity index (χ1) is 10.6. The Kier molecular flexibility index (Phi) is 7.67. The van der Waals surface area contributed by atoms with Crippen LogP contribution in [0.3, 0.4) is 0 Å². The SMILES string of the molecule is CCCC(CCC)=NNC(=O)C(=O)Nc1ccc(OC)cc1. The lowest BCUT2D eigenvalue weighted by Crippen LogP contribution is -2.33. The van der Waals surface area contributed by atoms with Gasteiger partial charge >= 0.3 is 11.8 Å². The average Bonchev–Trinajstić information content (AvgIpc) is 2.53. The Balaban J connectivity index is 2.56. The first-order valence-corrected chi connectivity index (χ1v) is 7.41. The van der Waals surface area contributed by atoms with Gasteiger partial charge in [-0.15, -0.1) is 0 Å². The zero-order valence-corrected chi connectivity index (χ0v) is 13.3. The maximum atomic E-state index is 11.8. The summed E-state index contributed by atoms with van der Waals surface area (Å²) in [6, 6.07) is 6.72. The van der Waals surface area contributed by atoms with Crippen molar-refractivity contribution in [2.75, 3.05) is 12.4 Å². The summed E-state index contributed by atoms with van der Waals surface area (Å²) >= 11 is 0. The molecule has 0 saturated heterocycles. The van der Waals surface area contributed by atoms with E-state index >= 15 is 0 Å². The molecule has 0 bridgehead atoms. The molecule has 1 aromatic carbocycles. The zero-order valence-electron chi connectivity index (χ0n) is 13.3. The Morgan fingerprint density at radius 2 is 1.64 bits per heavy atom. The monoisotopic (exact) mass is 305 g/mol. The Morgan fingerprint density at radius 1 is 1.05 bits per heavy atom. The first-order valence-electron chi connectivity index (χ1n) is 7.41. The molecule has 0 aliphatic heterocycles. The van der Waals surface area contributed by atoms with E-state index < -0.39 is 11.8 Å². The molecular formula is C16H23N3O3. The maximum absolute atomic E-state index is 11.8. The molecule has 0 radical (unpaired) electrons. The summed E-state index contributed by atoms with van der Waals surface area (Å²) in [6.45, 7) is 4.09. The van der Waals surface area contributed by atoms with Gasteiger partial charge in [-0.3, -0.25) is 9.59 Å². The highest BCUT2D eigenvalue weighted by atomic mass is 16.5. The quantitative estimate of drug-likeness (QED) is 0.462. The molecule has 0 unspecified atom stereocenters. The normalized spacial score (nSPS) is 9.77. The topological polar surface area (TPSA) is 79.8 Å². The van der Waals surface area contributed by atoms with E-state index in [1.165, 1.54) is 0 Å². The van der Waals surface area contributed by atoms with Crippen molar-refractivity contribution in [2.45, 2.75) is 39.5 Å². The highest BCUT2D eigenvalue weighted by Crippen LogP contribution is 2.14. The molecule has 0 heterocycles. The van der Waals surface area contributed by atoms with Crippen LogP contribution in [0.4, 0.5) is 5.69 Å². The molecule has 2 N–H and O–H groups in total. The fraction of sp³-hybridized carbons (Fsp3) is 0.438. The number of hydrogen-bond acceptors (Lipinski definition) is 4. The van der Waals surface area contributed by atoms with Crippen LogP contribution in [-0.2, 0) is 9.59 Å². The van der Waals surface area contributed by atoms with Crippen molar-refractivity contribution in [1.82, 2.24) is 5.43 Å². The number of carbonyl (C=O) groups excluding carboxylic acids is 2. The minimum atomic E-state index is -0.777. The fourth-order valence-corrected chi connectivity index (χ4v) is 1.86. The van der Waals surface area contributed by atoms with Crippen LogP contribution in [0.2, 0.25) is 0 Å². The number of benzene rings is 1. The van der Waals surface area contributed by atoms with Gasteiger partial charge in [-0.1, -0.05) is 26.7 Å². The number of amides is 2. The summed E-state index contributed by atoms with van der Waals surface area (Å²) in [6.07, 6.45) is 3.53. The molecule has 1 rings (SSSR count). The third-order valence-corrected chi connectivity index (χ3v) is 2.95. The van der Waals surface area contributed by atoms with Gasteiger partial charge in [0.05, 0.1) is 7.11 Å². The van der Waals surface area contributed by atoms with Crippen LogP contribution in [0.25, 0.3) is 0 Å². The van der Waals surface area contributed by atoms with Gasteiger partial charge in [-0.2, -0.15) is 5.10 Å². The van der Waals surface area contributed by atoms with Crippen LogP contribution < -0.4 is 15.5 Å². The smallest absolute Gasteiger partial charge is 0.329 e. The summed E-state index contributed by atoms with van der Waals surface area (Å²) in [5, 5.41) is 6.53. The van der Waals surface area contributed by atoms with Gasteiger partial charge in [0.25, 0.3) is 0 Å². The van der Waals surface area contributed by atoms with Crippen LogP contribution in [0.1, 0.15) is 39.5 Å². The Bertz CT molecular complexity index is 516. The molecule has 0 aliphatic carbocycles. The minimum absolute atomic E-state index is 0.521. The fourth-order valence-electron chi connectivity index (χ4n) is 1.86. The third kappa shape index (κ3) is 5.95. The van der Waals surface area contributed by atoms with Crippen molar-refractivity contribution in [2.24, 2.45) is 5.10 Å². The van der Waals surface area contributed by atoms with Gasteiger partial charge in [0.15, 0.2) is 0 Å². The van der Waals surface area contributed by atoms with Crippen molar-refractivity contribution >= 4 is 23.2 Å². The van der Waals surface area contributed by atoms with Crippen LogP contribution >= 0.6 is 0 Å². The molecule has 0 saturated carbocycles. The van der Waals surface area contributed by atoms with Gasteiger partial charge < -0.3 is 10.1 Å². The van der Waals surface area contributed by atoms with E-state index in [2.05, 4.69) is 15.8 Å². The Labute approximate surface area is 130 Å². The maximum Gasteiger partial charge on any atom is 0.329 e. The van der Waals surface area contributed by atoms with Gasteiger partial charge in [-0.25, -0.2) is 5.43 Å². The Hall–Kier alpha value is -2.37. The number of carbonyl (C=O) groups is 2.